The highest BCUT2D eigenvalue weighted by molar-refractivity contribution is 4.87. The van der Waals surface area contributed by atoms with E-state index in [0.717, 1.165) is 38.4 Å². The molecule has 3 heteroatoms. The van der Waals surface area contributed by atoms with Gasteiger partial charge in [0.05, 0.1) is 0 Å². The molecule has 1 aromatic rings. The van der Waals surface area contributed by atoms with Crippen LogP contribution >= 0.6 is 0 Å². The lowest BCUT2D eigenvalue weighted by atomic mass is 10.3. The van der Waals surface area contributed by atoms with E-state index in [4.69, 9.17) is 4.74 Å². The second-order valence-corrected chi connectivity index (χ2v) is 3.07. The van der Waals surface area contributed by atoms with Crippen molar-refractivity contribution in [3.63, 3.8) is 0 Å². The zero-order valence-electron chi connectivity index (χ0n) is 8.49. The molecule has 74 valence electrons. The molecule has 0 fully saturated rings. The van der Waals surface area contributed by atoms with Crippen LogP contribution in [0.3, 0.4) is 0 Å². The van der Waals surface area contributed by atoms with E-state index in [-0.39, 0.29) is 0 Å². The molecular weight excluding hydrogens is 164 g/mol. The lowest BCUT2D eigenvalue weighted by molar-refractivity contribution is 0.142. The summed E-state index contributed by atoms with van der Waals surface area (Å²) in [4.78, 5) is 4.16. The van der Waals surface area contributed by atoms with Gasteiger partial charge in [-0.1, -0.05) is 0 Å². The molecule has 0 bridgehead atoms. The minimum absolute atomic E-state index is 0.824. The first-order valence-electron chi connectivity index (χ1n) is 4.90. The Bertz CT molecular complexity index is 233. The van der Waals surface area contributed by atoms with Crippen LogP contribution in [0.2, 0.25) is 0 Å². The molecular formula is C10H18N2O. The van der Waals surface area contributed by atoms with Gasteiger partial charge in [0.25, 0.3) is 0 Å². The molecule has 1 aromatic heterocycles. The molecule has 0 saturated carbocycles. The van der Waals surface area contributed by atoms with E-state index < -0.39 is 0 Å². The Morgan fingerprint density at radius 2 is 2.31 bits per heavy atom. The molecule has 1 heterocycles. The molecule has 0 spiro atoms. The maximum atomic E-state index is 5.26. The minimum atomic E-state index is 0.824. The van der Waals surface area contributed by atoms with Gasteiger partial charge in [-0.3, -0.25) is 0 Å². The molecule has 0 aliphatic heterocycles. The van der Waals surface area contributed by atoms with Gasteiger partial charge < -0.3 is 9.30 Å². The summed E-state index contributed by atoms with van der Waals surface area (Å²) >= 11 is 0. The predicted octanol–water partition coefficient (Wildman–Crippen LogP) is 2.01. The first kappa shape index (κ1) is 10.3. The van der Waals surface area contributed by atoms with Crippen LogP contribution < -0.4 is 0 Å². The van der Waals surface area contributed by atoms with Crippen molar-refractivity contribution in [1.29, 1.82) is 0 Å². The zero-order chi connectivity index (χ0) is 9.52. The number of aromatic nitrogens is 2. The first-order chi connectivity index (χ1) is 6.34. The number of ether oxygens (including phenoxy) is 1. The lowest BCUT2D eigenvalue weighted by Crippen LogP contribution is -2.01. The average Bonchev–Trinajstić information content (AvgIpc) is 2.52. The lowest BCUT2D eigenvalue weighted by Gasteiger charge is -2.04. The number of unbranched alkanes of at least 4 members (excludes halogenated alkanes) is 1. The third-order valence-corrected chi connectivity index (χ3v) is 2.07. The fraction of sp³-hybridized carbons (Fsp3) is 0.700. The van der Waals surface area contributed by atoms with E-state index in [2.05, 4.69) is 9.55 Å². The van der Waals surface area contributed by atoms with E-state index in [1.165, 1.54) is 0 Å². The Kier molecular flexibility index (Phi) is 4.54. The molecule has 0 aliphatic rings. The quantitative estimate of drug-likeness (QED) is 0.629. The van der Waals surface area contributed by atoms with E-state index in [1.54, 1.807) is 0 Å². The summed E-state index contributed by atoms with van der Waals surface area (Å²) in [7, 11) is 0. The van der Waals surface area contributed by atoms with Crippen molar-refractivity contribution in [2.75, 3.05) is 13.2 Å². The van der Waals surface area contributed by atoms with Gasteiger partial charge in [0.1, 0.15) is 5.82 Å². The highest BCUT2D eigenvalue weighted by atomic mass is 16.5. The van der Waals surface area contributed by atoms with Crippen LogP contribution in [0.1, 0.15) is 25.6 Å². The van der Waals surface area contributed by atoms with Gasteiger partial charge in [-0.05, 0) is 26.7 Å². The van der Waals surface area contributed by atoms with Gasteiger partial charge in [-0.15, -0.1) is 0 Å². The van der Waals surface area contributed by atoms with E-state index in [9.17, 15) is 0 Å². The van der Waals surface area contributed by atoms with Gasteiger partial charge in [0.15, 0.2) is 0 Å². The summed E-state index contributed by atoms with van der Waals surface area (Å²) in [5.41, 5.74) is 0. The Labute approximate surface area is 79.7 Å². The highest BCUT2D eigenvalue weighted by Gasteiger charge is 1.95. The van der Waals surface area contributed by atoms with E-state index in [1.807, 2.05) is 26.2 Å². The summed E-state index contributed by atoms with van der Waals surface area (Å²) in [5.74, 6) is 1.09. The summed E-state index contributed by atoms with van der Waals surface area (Å²) in [5, 5.41) is 0. The van der Waals surface area contributed by atoms with Gasteiger partial charge in [0.2, 0.25) is 0 Å². The molecule has 0 atom stereocenters. The molecule has 0 aromatic carbocycles. The smallest absolute Gasteiger partial charge is 0.105 e. The van der Waals surface area contributed by atoms with Gasteiger partial charge in [-0.25, -0.2) is 4.98 Å². The maximum Gasteiger partial charge on any atom is 0.105 e. The maximum absolute atomic E-state index is 5.26. The van der Waals surface area contributed by atoms with Crippen LogP contribution in [-0.2, 0) is 11.3 Å². The molecule has 0 N–H and O–H groups in total. The van der Waals surface area contributed by atoms with E-state index in [0.29, 0.717) is 0 Å². The predicted molar refractivity (Wildman–Crippen MR) is 52.7 cm³/mol. The van der Waals surface area contributed by atoms with Crippen LogP contribution in [-0.4, -0.2) is 22.8 Å². The van der Waals surface area contributed by atoms with Crippen molar-refractivity contribution in [2.45, 2.75) is 33.2 Å². The fourth-order valence-electron chi connectivity index (χ4n) is 1.27. The van der Waals surface area contributed by atoms with Crippen molar-refractivity contribution in [3.8, 4) is 0 Å². The topological polar surface area (TPSA) is 27.1 Å². The number of aryl methyl sites for hydroxylation is 2. The van der Waals surface area contributed by atoms with Crippen molar-refractivity contribution in [2.24, 2.45) is 0 Å². The number of nitrogens with zero attached hydrogens (tertiary/aromatic N) is 2. The third-order valence-electron chi connectivity index (χ3n) is 2.07. The average molecular weight is 182 g/mol. The molecule has 0 saturated heterocycles. The van der Waals surface area contributed by atoms with Crippen molar-refractivity contribution >= 4 is 0 Å². The molecule has 0 unspecified atom stereocenters. The molecule has 3 nitrogen and oxygen atoms in total. The summed E-state index contributed by atoms with van der Waals surface area (Å²) < 4.78 is 7.43. The summed E-state index contributed by atoms with van der Waals surface area (Å²) in [6.45, 7) is 6.82. The van der Waals surface area contributed by atoms with Crippen LogP contribution in [0, 0.1) is 6.92 Å². The summed E-state index contributed by atoms with van der Waals surface area (Å²) in [6, 6.07) is 0. The Balaban J connectivity index is 2.10. The largest absolute Gasteiger partial charge is 0.382 e. The molecule has 0 amide bonds. The van der Waals surface area contributed by atoms with Crippen molar-refractivity contribution in [1.82, 2.24) is 9.55 Å². The number of hydrogen-bond acceptors (Lipinski definition) is 2. The number of imidazole rings is 1. The van der Waals surface area contributed by atoms with Gasteiger partial charge >= 0.3 is 0 Å². The Morgan fingerprint density at radius 1 is 1.46 bits per heavy atom. The molecule has 1 rings (SSSR count). The molecule has 0 aliphatic carbocycles. The number of hydrogen-bond donors (Lipinski definition) is 0. The third kappa shape index (κ3) is 3.59. The second-order valence-electron chi connectivity index (χ2n) is 3.07. The van der Waals surface area contributed by atoms with Gasteiger partial charge in [0, 0.05) is 32.2 Å². The van der Waals surface area contributed by atoms with Crippen LogP contribution in [0.4, 0.5) is 0 Å². The normalized spacial score (nSPS) is 10.6. The first-order valence-corrected chi connectivity index (χ1v) is 4.90. The van der Waals surface area contributed by atoms with Crippen molar-refractivity contribution in [3.05, 3.63) is 18.2 Å². The zero-order valence-corrected chi connectivity index (χ0v) is 8.49. The Hall–Kier alpha value is -0.830. The Morgan fingerprint density at radius 3 is 2.92 bits per heavy atom. The van der Waals surface area contributed by atoms with E-state index >= 15 is 0 Å². The molecule has 0 radical (unpaired) electrons. The fourth-order valence-corrected chi connectivity index (χ4v) is 1.27. The minimum Gasteiger partial charge on any atom is -0.382 e. The van der Waals surface area contributed by atoms with Crippen LogP contribution in [0.5, 0.6) is 0 Å². The standard InChI is InChI=1S/C10H18N2O/c1-3-13-9-5-4-7-12-8-6-11-10(12)2/h6,8H,3-5,7,9H2,1-2H3. The summed E-state index contributed by atoms with van der Waals surface area (Å²) in [6.07, 6.45) is 6.16. The van der Waals surface area contributed by atoms with Crippen LogP contribution in [0.25, 0.3) is 0 Å². The second kappa shape index (κ2) is 5.75. The number of rotatable bonds is 6. The van der Waals surface area contributed by atoms with Gasteiger partial charge in [-0.2, -0.15) is 0 Å². The highest BCUT2D eigenvalue weighted by Crippen LogP contribution is 1.99. The monoisotopic (exact) mass is 182 g/mol. The van der Waals surface area contributed by atoms with Crippen molar-refractivity contribution < 1.29 is 4.74 Å². The van der Waals surface area contributed by atoms with Crippen LogP contribution in [0.15, 0.2) is 12.4 Å². The molecule has 13 heavy (non-hydrogen) atoms. The SMILES string of the molecule is CCOCCCCn1ccnc1C.